The summed E-state index contributed by atoms with van der Waals surface area (Å²) in [5, 5.41) is 7.62. The van der Waals surface area contributed by atoms with E-state index >= 15 is 0 Å². The number of hydrogen-bond donors (Lipinski definition) is 2. The molecular weight excluding hydrogens is 316 g/mol. The summed E-state index contributed by atoms with van der Waals surface area (Å²) in [7, 11) is 0. The minimum Gasteiger partial charge on any atom is -0.459 e. The van der Waals surface area contributed by atoms with E-state index in [4.69, 9.17) is 4.42 Å². The molecule has 0 aliphatic heterocycles. The van der Waals surface area contributed by atoms with E-state index in [9.17, 15) is 9.59 Å². The van der Waals surface area contributed by atoms with Gasteiger partial charge in [-0.25, -0.2) is 0 Å². The van der Waals surface area contributed by atoms with Gasteiger partial charge in [0.15, 0.2) is 5.76 Å². The Balaban J connectivity index is 1.49. The third-order valence-corrected chi connectivity index (χ3v) is 3.69. The highest BCUT2D eigenvalue weighted by Crippen LogP contribution is 2.19. The van der Waals surface area contributed by atoms with E-state index in [-0.39, 0.29) is 17.6 Å². The standard InChI is InChI=1S/C20H18N2O3/c23-19(21-12-13-22-20(24)18-9-4-14-25-18)11-10-16-7-3-6-15-5-1-2-8-17(15)16/h1-11,14H,12-13H2,(H,21,23)(H,22,24)/b11-10+. The van der Waals surface area contributed by atoms with Crippen LogP contribution in [0.25, 0.3) is 16.8 Å². The molecule has 1 heterocycles. The van der Waals surface area contributed by atoms with Crippen LogP contribution in [0, 0.1) is 0 Å². The molecule has 5 nitrogen and oxygen atoms in total. The van der Waals surface area contributed by atoms with Gasteiger partial charge in [0.2, 0.25) is 5.91 Å². The monoisotopic (exact) mass is 334 g/mol. The molecule has 0 fully saturated rings. The van der Waals surface area contributed by atoms with Gasteiger partial charge < -0.3 is 15.1 Å². The second-order valence-corrected chi connectivity index (χ2v) is 5.43. The van der Waals surface area contributed by atoms with Crippen LogP contribution < -0.4 is 10.6 Å². The van der Waals surface area contributed by atoms with Gasteiger partial charge in [0.1, 0.15) is 0 Å². The van der Waals surface area contributed by atoms with Crippen molar-refractivity contribution in [1.29, 1.82) is 0 Å². The summed E-state index contributed by atoms with van der Waals surface area (Å²) in [5.41, 5.74) is 0.986. The number of fused-ring (bicyclic) bond motifs is 1. The molecule has 1 aromatic heterocycles. The Morgan fingerprint density at radius 2 is 1.72 bits per heavy atom. The maximum Gasteiger partial charge on any atom is 0.287 e. The van der Waals surface area contributed by atoms with Crippen LogP contribution in [-0.2, 0) is 4.79 Å². The van der Waals surface area contributed by atoms with E-state index in [0.717, 1.165) is 16.3 Å². The Morgan fingerprint density at radius 1 is 0.920 bits per heavy atom. The minimum atomic E-state index is -0.300. The van der Waals surface area contributed by atoms with Crippen LogP contribution in [0.5, 0.6) is 0 Å². The molecule has 0 saturated heterocycles. The second kappa shape index (κ2) is 7.97. The predicted octanol–water partition coefficient (Wildman–Crippen LogP) is 2.99. The molecule has 2 N–H and O–H groups in total. The highest BCUT2D eigenvalue weighted by molar-refractivity contribution is 5.96. The van der Waals surface area contributed by atoms with Gasteiger partial charge in [-0.3, -0.25) is 9.59 Å². The molecule has 0 bridgehead atoms. The van der Waals surface area contributed by atoms with Crippen LogP contribution in [0.4, 0.5) is 0 Å². The number of benzene rings is 2. The first kappa shape index (κ1) is 16.5. The van der Waals surface area contributed by atoms with Crippen molar-refractivity contribution in [2.45, 2.75) is 0 Å². The summed E-state index contributed by atoms with van der Waals surface area (Å²) in [4.78, 5) is 23.6. The molecule has 5 heteroatoms. The largest absolute Gasteiger partial charge is 0.459 e. The molecule has 0 atom stereocenters. The molecule has 0 radical (unpaired) electrons. The summed E-state index contributed by atoms with van der Waals surface area (Å²) in [6.07, 6.45) is 4.73. The van der Waals surface area contributed by atoms with Crippen LogP contribution in [-0.4, -0.2) is 24.9 Å². The summed E-state index contributed by atoms with van der Waals surface area (Å²) < 4.78 is 4.99. The fourth-order valence-electron chi connectivity index (χ4n) is 2.48. The van der Waals surface area contributed by atoms with E-state index in [2.05, 4.69) is 10.6 Å². The quantitative estimate of drug-likeness (QED) is 0.538. The van der Waals surface area contributed by atoms with Crippen molar-refractivity contribution in [1.82, 2.24) is 10.6 Å². The van der Waals surface area contributed by atoms with Crippen molar-refractivity contribution in [3.05, 3.63) is 78.3 Å². The zero-order valence-electron chi connectivity index (χ0n) is 13.6. The summed E-state index contributed by atoms with van der Waals surface area (Å²) in [6, 6.07) is 17.2. The number of nitrogens with one attached hydrogen (secondary N) is 2. The van der Waals surface area contributed by atoms with Crippen LogP contribution in [0.2, 0.25) is 0 Å². The number of carbonyl (C=O) groups is 2. The van der Waals surface area contributed by atoms with Crippen molar-refractivity contribution in [3.8, 4) is 0 Å². The molecule has 0 aliphatic carbocycles. The third-order valence-electron chi connectivity index (χ3n) is 3.69. The van der Waals surface area contributed by atoms with Gasteiger partial charge in [-0.2, -0.15) is 0 Å². The van der Waals surface area contributed by atoms with Crippen molar-refractivity contribution >= 4 is 28.7 Å². The van der Waals surface area contributed by atoms with Gasteiger partial charge in [0, 0.05) is 19.2 Å². The lowest BCUT2D eigenvalue weighted by Gasteiger charge is -2.04. The Hall–Kier alpha value is -3.34. The van der Waals surface area contributed by atoms with Crippen molar-refractivity contribution in [2.75, 3.05) is 13.1 Å². The van der Waals surface area contributed by atoms with Crippen LogP contribution >= 0.6 is 0 Å². The van der Waals surface area contributed by atoms with Crippen molar-refractivity contribution < 1.29 is 14.0 Å². The first-order valence-electron chi connectivity index (χ1n) is 7.99. The lowest BCUT2D eigenvalue weighted by atomic mass is 10.0. The third kappa shape index (κ3) is 4.35. The first-order valence-corrected chi connectivity index (χ1v) is 7.99. The molecule has 3 rings (SSSR count). The summed E-state index contributed by atoms with van der Waals surface area (Å²) in [5.74, 6) is -0.257. The van der Waals surface area contributed by atoms with Crippen LogP contribution in [0.15, 0.2) is 71.4 Å². The molecule has 0 saturated carbocycles. The molecule has 25 heavy (non-hydrogen) atoms. The average molecular weight is 334 g/mol. The Labute approximate surface area is 145 Å². The number of carbonyl (C=O) groups excluding carboxylic acids is 2. The highest BCUT2D eigenvalue weighted by Gasteiger charge is 2.06. The maximum absolute atomic E-state index is 11.9. The van der Waals surface area contributed by atoms with Crippen LogP contribution in [0.1, 0.15) is 16.1 Å². The molecule has 3 aromatic rings. The van der Waals surface area contributed by atoms with Gasteiger partial charge in [-0.05, 0) is 34.5 Å². The van der Waals surface area contributed by atoms with E-state index < -0.39 is 0 Å². The normalized spacial score (nSPS) is 10.9. The van der Waals surface area contributed by atoms with Crippen LogP contribution in [0.3, 0.4) is 0 Å². The Morgan fingerprint density at radius 3 is 2.56 bits per heavy atom. The van der Waals surface area contributed by atoms with Crippen molar-refractivity contribution in [3.63, 3.8) is 0 Å². The summed E-state index contributed by atoms with van der Waals surface area (Å²) in [6.45, 7) is 0.665. The number of rotatable bonds is 6. The molecule has 0 unspecified atom stereocenters. The molecule has 0 spiro atoms. The lowest BCUT2D eigenvalue weighted by Crippen LogP contribution is -2.33. The van der Waals surface area contributed by atoms with Gasteiger partial charge in [0.25, 0.3) is 5.91 Å². The van der Waals surface area contributed by atoms with E-state index in [0.29, 0.717) is 13.1 Å². The number of amides is 2. The SMILES string of the molecule is O=C(/C=C/c1cccc2ccccc12)NCCNC(=O)c1ccco1. The average Bonchev–Trinajstić information content (AvgIpc) is 3.18. The van der Waals surface area contributed by atoms with Gasteiger partial charge >= 0.3 is 0 Å². The highest BCUT2D eigenvalue weighted by atomic mass is 16.3. The fourth-order valence-corrected chi connectivity index (χ4v) is 2.48. The van der Waals surface area contributed by atoms with E-state index in [1.807, 2.05) is 42.5 Å². The molecule has 2 amide bonds. The van der Waals surface area contributed by atoms with Crippen molar-refractivity contribution in [2.24, 2.45) is 0 Å². The Bertz CT molecular complexity index is 893. The smallest absolute Gasteiger partial charge is 0.287 e. The zero-order valence-corrected chi connectivity index (χ0v) is 13.6. The molecular formula is C20H18N2O3. The van der Waals surface area contributed by atoms with Gasteiger partial charge in [-0.15, -0.1) is 0 Å². The maximum atomic E-state index is 11.9. The first-order chi connectivity index (χ1) is 12.2. The topological polar surface area (TPSA) is 71.3 Å². The number of hydrogen-bond acceptors (Lipinski definition) is 3. The lowest BCUT2D eigenvalue weighted by molar-refractivity contribution is -0.116. The van der Waals surface area contributed by atoms with Gasteiger partial charge in [-0.1, -0.05) is 42.5 Å². The molecule has 0 aliphatic rings. The second-order valence-electron chi connectivity index (χ2n) is 5.43. The molecule has 2 aromatic carbocycles. The fraction of sp³-hybridized carbons (Fsp3) is 0.100. The zero-order chi connectivity index (χ0) is 17.5. The van der Waals surface area contributed by atoms with Gasteiger partial charge in [0.05, 0.1) is 6.26 Å². The predicted molar refractivity (Wildman–Crippen MR) is 97.0 cm³/mol. The van der Waals surface area contributed by atoms with E-state index in [1.165, 1.54) is 12.3 Å². The Kier molecular flexibility index (Phi) is 5.26. The minimum absolute atomic E-state index is 0.208. The van der Waals surface area contributed by atoms with E-state index in [1.54, 1.807) is 18.2 Å². The number of furan rings is 1. The molecule has 126 valence electrons. The summed E-state index contributed by atoms with van der Waals surface area (Å²) >= 11 is 0.